The minimum Gasteiger partial charge on any atom is -0.495 e. The van der Waals surface area contributed by atoms with E-state index in [0.717, 1.165) is 16.7 Å². The Hall–Kier alpha value is -4.75. The fraction of sp³-hybridized carbons (Fsp3) is 0.172. The zero-order chi connectivity index (χ0) is 28.3. The van der Waals surface area contributed by atoms with Crippen LogP contribution in [0.3, 0.4) is 0 Å². The summed E-state index contributed by atoms with van der Waals surface area (Å²) in [5.74, 6) is -0.147. The van der Waals surface area contributed by atoms with Crippen LogP contribution in [0.2, 0.25) is 0 Å². The van der Waals surface area contributed by atoms with Gasteiger partial charge in [0.2, 0.25) is 5.88 Å². The van der Waals surface area contributed by atoms with E-state index < -0.39 is 15.9 Å². The molecule has 0 spiro atoms. The number of benzene rings is 2. The summed E-state index contributed by atoms with van der Waals surface area (Å²) in [6.07, 6.45) is 0. The molecule has 0 saturated heterocycles. The van der Waals surface area contributed by atoms with Gasteiger partial charge < -0.3 is 9.47 Å². The van der Waals surface area contributed by atoms with Crippen molar-refractivity contribution in [2.45, 2.75) is 32.7 Å². The Morgan fingerprint density at radius 3 is 2.33 bits per heavy atom. The normalized spacial score (nSPS) is 11.0. The van der Waals surface area contributed by atoms with E-state index in [1.165, 1.54) is 19.2 Å². The summed E-state index contributed by atoms with van der Waals surface area (Å²) in [4.78, 5) is 21.9. The lowest BCUT2D eigenvalue weighted by atomic mass is 10.1. The first-order valence-corrected chi connectivity index (χ1v) is 13.4. The Labute approximate surface area is 230 Å². The quantitative estimate of drug-likeness (QED) is 0.314. The van der Waals surface area contributed by atoms with Crippen LogP contribution in [0.5, 0.6) is 17.4 Å². The average molecular weight is 547 g/mol. The lowest BCUT2D eigenvalue weighted by Crippen LogP contribution is -2.31. The van der Waals surface area contributed by atoms with E-state index in [2.05, 4.69) is 20.8 Å². The van der Waals surface area contributed by atoms with Gasteiger partial charge in [0.15, 0.2) is 5.03 Å². The van der Waals surface area contributed by atoms with Gasteiger partial charge in [-0.1, -0.05) is 29.8 Å². The largest absolute Gasteiger partial charge is 0.495 e. The number of methoxy groups -OCH3 is 1. The summed E-state index contributed by atoms with van der Waals surface area (Å²) in [5, 5.41) is 9.04. The van der Waals surface area contributed by atoms with Crippen molar-refractivity contribution < 1.29 is 25.5 Å². The van der Waals surface area contributed by atoms with Crippen LogP contribution in [0.25, 0.3) is 11.3 Å². The maximum absolute atomic E-state index is 13.3. The molecule has 1 amide bonds. The molecule has 4 aromatic rings. The molecule has 9 nitrogen and oxygen atoms in total. The molecule has 4 rings (SSSR count). The molecule has 0 saturated carbocycles. The zero-order valence-electron chi connectivity index (χ0n) is 22.1. The first-order chi connectivity index (χ1) is 18.5. The molecule has 0 atom stereocenters. The molecule has 0 aliphatic heterocycles. The number of hydrogen-bond acceptors (Lipinski definition) is 8. The average Bonchev–Trinajstić information content (AvgIpc) is 2.89. The molecular formula is C29H30N4O5S. The fourth-order valence-electron chi connectivity index (χ4n) is 4.12. The highest BCUT2D eigenvalue weighted by Gasteiger charge is 2.25. The number of rotatable bonds is 7. The maximum Gasteiger partial charge on any atom is 0.281 e. The van der Waals surface area contributed by atoms with Gasteiger partial charge in [-0.3, -0.25) is 4.79 Å². The molecule has 0 bridgehead atoms. The van der Waals surface area contributed by atoms with Gasteiger partial charge in [-0.25, -0.2) is 14.7 Å². The van der Waals surface area contributed by atoms with Crippen LogP contribution in [0.4, 0.5) is 0 Å². The third kappa shape index (κ3) is 5.89. The van der Waals surface area contributed by atoms with Crippen LogP contribution >= 0.6 is 0 Å². The van der Waals surface area contributed by atoms with Gasteiger partial charge >= 0.3 is 0 Å². The van der Waals surface area contributed by atoms with Crippen LogP contribution in [0.1, 0.15) is 41.2 Å². The van der Waals surface area contributed by atoms with Gasteiger partial charge in [0.25, 0.3) is 15.9 Å². The Balaban J connectivity index is 0.00000294. The lowest BCUT2D eigenvalue weighted by Gasteiger charge is -2.16. The molecule has 0 radical (unpaired) electrons. The van der Waals surface area contributed by atoms with E-state index in [1.807, 2.05) is 32.9 Å². The second-order valence-corrected chi connectivity index (χ2v) is 10.6. The van der Waals surface area contributed by atoms with E-state index in [4.69, 9.17) is 9.47 Å². The molecule has 2 heterocycles. The van der Waals surface area contributed by atoms with Gasteiger partial charge in [-0.05, 0) is 75.2 Å². The van der Waals surface area contributed by atoms with Crippen molar-refractivity contribution in [2.75, 3.05) is 7.11 Å². The Kier molecular flexibility index (Phi) is 7.65. The van der Waals surface area contributed by atoms with Crippen molar-refractivity contribution in [3.8, 4) is 34.7 Å². The smallest absolute Gasteiger partial charge is 0.281 e. The second kappa shape index (κ2) is 10.9. The predicted molar refractivity (Wildman–Crippen MR) is 150 cm³/mol. The van der Waals surface area contributed by atoms with Crippen LogP contribution in [0, 0.1) is 39.0 Å². The number of hydrogen-bond donors (Lipinski definition) is 1. The number of pyridine rings is 2. The van der Waals surface area contributed by atoms with Gasteiger partial charge in [0.05, 0.1) is 18.4 Å². The molecule has 10 heteroatoms. The molecule has 202 valence electrons. The van der Waals surface area contributed by atoms with Crippen molar-refractivity contribution in [1.82, 2.24) is 14.7 Å². The highest BCUT2D eigenvalue weighted by molar-refractivity contribution is 7.90. The number of amides is 1. The van der Waals surface area contributed by atoms with E-state index in [-0.39, 0.29) is 19.3 Å². The Morgan fingerprint density at radius 2 is 1.69 bits per heavy atom. The third-order valence-corrected chi connectivity index (χ3v) is 7.12. The van der Waals surface area contributed by atoms with Crippen molar-refractivity contribution in [1.29, 1.82) is 5.26 Å². The highest BCUT2D eigenvalue weighted by atomic mass is 32.2. The van der Waals surface area contributed by atoms with Gasteiger partial charge in [-0.15, -0.1) is 0 Å². The number of sulfonamides is 1. The number of aryl methyl sites for hydroxylation is 4. The van der Waals surface area contributed by atoms with Gasteiger partial charge in [0.1, 0.15) is 23.1 Å². The summed E-state index contributed by atoms with van der Waals surface area (Å²) in [5.41, 5.74) is 4.48. The number of carbonyl (C=O) groups is 1. The number of ether oxygens (including phenoxy) is 2. The summed E-state index contributed by atoms with van der Waals surface area (Å²) < 4.78 is 39.4. The number of carbonyl (C=O) groups excluding carboxylic acids is 1. The number of nitriles is 1. The zero-order valence-corrected chi connectivity index (χ0v) is 22.9. The van der Waals surface area contributed by atoms with E-state index in [1.54, 1.807) is 43.3 Å². The maximum atomic E-state index is 13.3. The first kappa shape index (κ1) is 27.3. The first-order valence-electron chi connectivity index (χ1n) is 11.9. The summed E-state index contributed by atoms with van der Waals surface area (Å²) in [6, 6.07) is 18.4. The molecule has 0 unspecified atom stereocenters. The standard InChI is InChI=1S/C29H26N4O5S.2H2/c1-17-13-18(2)27(19(3)14-17)38-29-23(28(34)33-39(35,36)26-8-6-7-20(4)31-26)11-12-24(32-29)21-9-10-22(16-30)25(15-21)37-5;;/h6-15H,1-5H3,(H,33,34);2*1H. The van der Waals surface area contributed by atoms with E-state index in [0.29, 0.717) is 34.0 Å². The van der Waals surface area contributed by atoms with Gasteiger partial charge in [-0.2, -0.15) is 13.7 Å². The Bertz CT molecular complexity index is 1730. The van der Waals surface area contributed by atoms with E-state index >= 15 is 0 Å². The minimum atomic E-state index is -4.26. The van der Waals surface area contributed by atoms with Crippen LogP contribution in [-0.4, -0.2) is 31.4 Å². The molecule has 39 heavy (non-hydrogen) atoms. The second-order valence-electron chi connectivity index (χ2n) is 8.96. The monoisotopic (exact) mass is 546 g/mol. The fourth-order valence-corrected chi connectivity index (χ4v) is 5.10. The van der Waals surface area contributed by atoms with Crippen molar-refractivity contribution in [3.63, 3.8) is 0 Å². The molecule has 0 aliphatic rings. The SMILES string of the molecule is COc1cc(-c2ccc(C(=O)NS(=O)(=O)c3cccc(C)n3)c(Oc3c(C)cc(C)cc3C)n2)ccc1C#N.[HH].[HH]. The third-order valence-electron chi connectivity index (χ3n) is 5.89. The number of nitrogens with zero attached hydrogens (tertiary/aromatic N) is 3. The lowest BCUT2D eigenvalue weighted by molar-refractivity contribution is 0.0978. The number of nitrogens with one attached hydrogen (secondary N) is 1. The highest BCUT2D eigenvalue weighted by Crippen LogP contribution is 2.33. The molecule has 0 aliphatic carbocycles. The molecular weight excluding hydrogens is 516 g/mol. The van der Waals surface area contributed by atoms with Crippen LogP contribution in [0.15, 0.2) is 65.7 Å². The summed E-state index contributed by atoms with van der Waals surface area (Å²) in [7, 11) is -2.80. The van der Waals surface area contributed by atoms with E-state index in [9.17, 15) is 18.5 Å². The van der Waals surface area contributed by atoms with Crippen molar-refractivity contribution >= 4 is 15.9 Å². The van der Waals surface area contributed by atoms with Gasteiger partial charge in [0, 0.05) is 14.1 Å². The Morgan fingerprint density at radius 1 is 0.974 bits per heavy atom. The van der Waals surface area contributed by atoms with Crippen LogP contribution < -0.4 is 14.2 Å². The van der Waals surface area contributed by atoms with Crippen molar-refractivity contribution in [2.24, 2.45) is 0 Å². The van der Waals surface area contributed by atoms with Crippen molar-refractivity contribution in [3.05, 3.63) is 94.2 Å². The topological polar surface area (TPSA) is 131 Å². The number of aromatic nitrogens is 2. The summed E-state index contributed by atoms with van der Waals surface area (Å²) >= 11 is 0. The molecule has 0 fully saturated rings. The molecule has 2 aromatic carbocycles. The summed E-state index contributed by atoms with van der Waals surface area (Å²) in [6.45, 7) is 7.36. The predicted octanol–water partition coefficient (Wildman–Crippen LogP) is 5.66. The van der Waals surface area contributed by atoms with Crippen LogP contribution in [-0.2, 0) is 10.0 Å². The molecule has 1 N–H and O–H groups in total. The minimum absolute atomic E-state index is 0. The molecule has 2 aromatic heterocycles.